The van der Waals surface area contributed by atoms with Crippen LogP contribution in [0, 0.1) is 12.8 Å². The average Bonchev–Trinajstić information content (AvgIpc) is 3.47. The molecule has 0 bridgehead atoms. The predicted molar refractivity (Wildman–Crippen MR) is 97.9 cm³/mol. The Morgan fingerprint density at radius 3 is 2.81 bits per heavy atom. The van der Waals surface area contributed by atoms with Gasteiger partial charge in [0.2, 0.25) is 0 Å². The number of pyridine rings is 2. The molecule has 1 aliphatic carbocycles. The first-order chi connectivity index (χ1) is 12.6. The molecule has 26 heavy (non-hydrogen) atoms. The van der Waals surface area contributed by atoms with E-state index in [1.807, 2.05) is 6.07 Å². The zero-order chi connectivity index (χ0) is 18.5. The van der Waals surface area contributed by atoms with Gasteiger partial charge in [-0.25, -0.2) is 14.2 Å². The molecule has 1 saturated carbocycles. The summed E-state index contributed by atoms with van der Waals surface area (Å²) in [6, 6.07) is 5.22. The maximum atomic E-state index is 14.7. The molecule has 1 aliphatic rings. The highest BCUT2D eigenvalue weighted by Crippen LogP contribution is 2.29. The van der Waals surface area contributed by atoms with Crippen LogP contribution >= 0.6 is 0 Å². The Bertz CT molecular complexity index is 760. The molecule has 5 nitrogen and oxygen atoms in total. The van der Waals surface area contributed by atoms with E-state index in [0.29, 0.717) is 29.0 Å². The smallest absolute Gasteiger partial charge is 0.339 e. The van der Waals surface area contributed by atoms with E-state index in [2.05, 4.69) is 15.3 Å². The normalized spacial score (nSPS) is 14.7. The average molecular weight is 357 g/mol. The molecule has 0 amide bonds. The highest BCUT2D eigenvalue weighted by atomic mass is 19.1. The van der Waals surface area contributed by atoms with Gasteiger partial charge in [0.05, 0.1) is 12.2 Å². The summed E-state index contributed by atoms with van der Waals surface area (Å²) in [5.74, 6) is 1.09. The van der Waals surface area contributed by atoms with Gasteiger partial charge < -0.3 is 10.1 Å². The highest BCUT2D eigenvalue weighted by molar-refractivity contribution is 5.89. The molecule has 138 valence electrons. The lowest BCUT2D eigenvalue weighted by Gasteiger charge is -2.12. The molecule has 2 aromatic rings. The minimum atomic E-state index is -1.21. The van der Waals surface area contributed by atoms with Crippen molar-refractivity contribution in [1.29, 1.82) is 0 Å². The van der Waals surface area contributed by atoms with Crippen molar-refractivity contribution in [3.63, 3.8) is 0 Å². The predicted octanol–water partition coefficient (Wildman–Crippen LogP) is 4.04. The molecule has 0 aromatic carbocycles. The summed E-state index contributed by atoms with van der Waals surface area (Å²) in [7, 11) is 0. The highest BCUT2D eigenvalue weighted by Gasteiger charge is 2.21. The van der Waals surface area contributed by atoms with E-state index >= 15 is 0 Å². The second kappa shape index (κ2) is 8.25. The number of hydrogen-bond donors (Lipinski definition) is 1. The number of alkyl halides is 1. The third-order valence-corrected chi connectivity index (χ3v) is 4.52. The van der Waals surface area contributed by atoms with Crippen molar-refractivity contribution in [1.82, 2.24) is 9.97 Å². The van der Waals surface area contributed by atoms with Crippen LogP contribution < -0.4 is 5.32 Å². The van der Waals surface area contributed by atoms with Crippen LogP contribution in [0.2, 0.25) is 0 Å². The zero-order valence-electron chi connectivity index (χ0n) is 15.2. The minimum absolute atomic E-state index is 0.141. The van der Waals surface area contributed by atoms with E-state index < -0.39 is 12.1 Å². The number of ether oxygens (including phenoxy) is 1. The summed E-state index contributed by atoms with van der Waals surface area (Å²) in [5, 5.41) is 3.27. The number of rotatable bonds is 8. The molecule has 6 heteroatoms. The van der Waals surface area contributed by atoms with E-state index in [1.165, 1.54) is 19.0 Å². The lowest BCUT2D eigenvalue weighted by molar-refractivity contribution is 0.0525. The van der Waals surface area contributed by atoms with Crippen LogP contribution in [-0.4, -0.2) is 29.1 Å². The van der Waals surface area contributed by atoms with E-state index in [-0.39, 0.29) is 6.42 Å². The number of esters is 1. The topological polar surface area (TPSA) is 64.1 Å². The maximum Gasteiger partial charge on any atom is 0.339 e. The SMILES string of the molecule is CCOC(=O)c1cnc(C)c(CC(F)c2ccc(NCC3CC3)nc2)c1. The minimum Gasteiger partial charge on any atom is -0.462 e. The van der Waals surface area contributed by atoms with Crippen LogP contribution in [0.3, 0.4) is 0 Å². The van der Waals surface area contributed by atoms with Gasteiger partial charge in [0.1, 0.15) is 12.0 Å². The molecule has 0 saturated heterocycles. The molecule has 1 atom stereocenters. The fraction of sp³-hybridized carbons (Fsp3) is 0.450. The van der Waals surface area contributed by atoms with Crippen LogP contribution in [0.25, 0.3) is 0 Å². The summed E-state index contributed by atoms with van der Waals surface area (Å²) in [5.41, 5.74) is 2.26. The van der Waals surface area contributed by atoms with Gasteiger partial charge in [-0.15, -0.1) is 0 Å². The van der Waals surface area contributed by atoms with Gasteiger partial charge in [-0.1, -0.05) is 6.07 Å². The summed E-state index contributed by atoms with van der Waals surface area (Å²) >= 11 is 0. The van der Waals surface area contributed by atoms with Gasteiger partial charge >= 0.3 is 5.97 Å². The van der Waals surface area contributed by atoms with Crippen LogP contribution in [0.5, 0.6) is 0 Å². The fourth-order valence-electron chi connectivity index (χ4n) is 2.69. The number of carbonyl (C=O) groups excluding carboxylic acids is 1. The number of anilines is 1. The van der Waals surface area contributed by atoms with Crippen molar-refractivity contribution in [3.8, 4) is 0 Å². The fourth-order valence-corrected chi connectivity index (χ4v) is 2.69. The van der Waals surface area contributed by atoms with Gasteiger partial charge in [0.25, 0.3) is 0 Å². The molecular weight excluding hydrogens is 333 g/mol. The summed E-state index contributed by atoms with van der Waals surface area (Å²) < 4.78 is 19.7. The Morgan fingerprint density at radius 1 is 1.35 bits per heavy atom. The van der Waals surface area contributed by atoms with Crippen molar-refractivity contribution in [3.05, 3.63) is 53.0 Å². The molecule has 0 radical (unpaired) electrons. The molecule has 2 heterocycles. The van der Waals surface area contributed by atoms with Crippen molar-refractivity contribution < 1.29 is 13.9 Å². The van der Waals surface area contributed by atoms with Crippen LogP contribution in [0.15, 0.2) is 30.6 Å². The number of halogens is 1. The van der Waals surface area contributed by atoms with Crippen molar-refractivity contribution in [2.75, 3.05) is 18.5 Å². The molecular formula is C20H24FN3O2. The number of hydrogen-bond acceptors (Lipinski definition) is 5. The number of nitrogens with one attached hydrogen (secondary N) is 1. The Labute approximate surface area is 153 Å². The second-order valence-electron chi connectivity index (χ2n) is 6.66. The monoisotopic (exact) mass is 357 g/mol. The molecule has 1 unspecified atom stereocenters. The van der Waals surface area contributed by atoms with Crippen LogP contribution in [0.4, 0.5) is 10.2 Å². The lowest BCUT2D eigenvalue weighted by atomic mass is 10.0. The van der Waals surface area contributed by atoms with Crippen molar-refractivity contribution in [2.45, 2.75) is 39.3 Å². The zero-order valence-corrected chi connectivity index (χ0v) is 15.2. The third-order valence-electron chi connectivity index (χ3n) is 4.52. The first kappa shape index (κ1) is 18.3. The summed E-state index contributed by atoms with van der Waals surface area (Å²) in [6.07, 6.45) is 4.51. The van der Waals surface area contributed by atoms with Crippen LogP contribution in [0.1, 0.15) is 53.1 Å². The molecule has 1 N–H and O–H groups in total. The van der Waals surface area contributed by atoms with E-state index in [0.717, 1.165) is 18.3 Å². The second-order valence-corrected chi connectivity index (χ2v) is 6.66. The van der Waals surface area contributed by atoms with Gasteiger partial charge in [0.15, 0.2) is 0 Å². The summed E-state index contributed by atoms with van der Waals surface area (Å²) in [4.78, 5) is 20.3. The standard InChI is InChI=1S/C20H24FN3O2/c1-3-26-20(25)17-8-16(13(2)22-12-17)9-18(21)15-6-7-19(24-11-15)23-10-14-4-5-14/h6-8,11-12,14,18H,3-5,9-10H2,1-2H3,(H,23,24). The molecule has 0 spiro atoms. The Hall–Kier alpha value is -2.50. The van der Waals surface area contributed by atoms with E-state index in [9.17, 15) is 9.18 Å². The Balaban J connectivity index is 1.65. The number of nitrogens with zero attached hydrogens (tertiary/aromatic N) is 2. The maximum absolute atomic E-state index is 14.7. The first-order valence-electron chi connectivity index (χ1n) is 9.03. The van der Waals surface area contributed by atoms with Gasteiger partial charge in [-0.3, -0.25) is 4.98 Å². The molecule has 3 rings (SSSR count). The Morgan fingerprint density at radius 2 is 2.15 bits per heavy atom. The lowest BCUT2D eigenvalue weighted by Crippen LogP contribution is -2.08. The molecule has 2 aromatic heterocycles. The van der Waals surface area contributed by atoms with Gasteiger partial charge in [-0.05, 0) is 50.3 Å². The van der Waals surface area contributed by atoms with Gasteiger partial charge in [-0.2, -0.15) is 0 Å². The van der Waals surface area contributed by atoms with Gasteiger partial charge in [0, 0.05) is 36.6 Å². The number of aryl methyl sites for hydroxylation is 1. The van der Waals surface area contributed by atoms with Crippen molar-refractivity contribution >= 4 is 11.8 Å². The summed E-state index contributed by atoms with van der Waals surface area (Å²) in [6.45, 7) is 4.77. The molecule has 0 aliphatic heterocycles. The van der Waals surface area contributed by atoms with E-state index in [4.69, 9.17) is 4.74 Å². The molecule has 1 fully saturated rings. The number of aromatic nitrogens is 2. The number of carbonyl (C=O) groups is 1. The first-order valence-corrected chi connectivity index (χ1v) is 9.03. The Kier molecular flexibility index (Phi) is 5.81. The van der Waals surface area contributed by atoms with Crippen molar-refractivity contribution in [2.24, 2.45) is 5.92 Å². The van der Waals surface area contributed by atoms with Crippen LogP contribution in [-0.2, 0) is 11.2 Å². The van der Waals surface area contributed by atoms with E-state index in [1.54, 1.807) is 32.2 Å². The quantitative estimate of drug-likeness (QED) is 0.723. The largest absolute Gasteiger partial charge is 0.462 e. The third kappa shape index (κ3) is 4.77.